The highest BCUT2D eigenvalue weighted by molar-refractivity contribution is 7.10. The topological polar surface area (TPSA) is 81.0 Å². The first kappa shape index (κ1) is 18.1. The van der Waals surface area contributed by atoms with Gasteiger partial charge in [-0.05, 0) is 30.4 Å². The molecule has 0 amide bonds. The Hall–Kier alpha value is -3.30. The summed E-state index contributed by atoms with van der Waals surface area (Å²) in [4.78, 5) is 14.3. The lowest BCUT2D eigenvalue weighted by molar-refractivity contribution is 0.389. The number of ether oxygens (including phenoxy) is 1. The Labute approximate surface area is 166 Å². The fourth-order valence-electron chi connectivity index (χ4n) is 3.59. The van der Waals surface area contributed by atoms with Crippen molar-refractivity contribution >= 4 is 11.3 Å². The SMILES string of the molecule is Cc1cc2c(c(=O)n1CCc1ccccc1)C(c1cccs1)C(C#N)=C(N)O2. The number of nitriles is 1. The minimum atomic E-state index is -0.496. The first-order chi connectivity index (χ1) is 13.6. The summed E-state index contributed by atoms with van der Waals surface area (Å²) in [6.07, 6.45) is 0.744. The molecule has 0 saturated heterocycles. The zero-order valence-electron chi connectivity index (χ0n) is 15.4. The van der Waals surface area contributed by atoms with Gasteiger partial charge in [0, 0.05) is 23.2 Å². The van der Waals surface area contributed by atoms with Crippen molar-refractivity contribution in [1.29, 1.82) is 5.26 Å². The third kappa shape index (κ3) is 3.10. The summed E-state index contributed by atoms with van der Waals surface area (Å²) in [5.74, 6) is 0.00687. The van der Waals surface area contributed by atoms with Crippen LogP contribution in [0.2, 0.25) is 0 Å². The molecule has 2 aromatic heterocycles. The Kier molecular flexibility index (Phi) is 4.76. The van der Waals surface area contributed by atoms with Crippen molar-refractivity contribution in [2.45, 2.75) is 25.8 Å². The van der Waals surface area contributed by atoms with E-state index in [0.717, 1.165) is 17.0 Å². The third-order valence-electron chi connectivity index (χ3n) is 4.98. The lowest BCUT2D eigenvalue weighted by Crippen LogP contribution is -2.33. The lowest BCUT2D eigenvalue weighted by Gasteiger charge is -2.26. The molecule has 0 radical (unpaired) electrons. The van der Waals surface area contributed by atoms with Crippen LogP contribution >= 0.6 is 11.3 Å². The second-order valence-corrected chi connectivity index (χ2v) is 7.68. The van der Waals surface area contributed by atoms with Crippen molar-refractivity contribution in [3.63, 3.8) is 0 Å². The maximum absolute atomic E-state index is 13.4. The van der Waals surface area contributed by atoms with E-state index in [-0.39, 0.29) is 17.0 Å². The van der Waals surface area contributed by atoms with Crippen LogP contribution in [0.1, 0.15) is 27.6 Å². The number of hydrogen-bond donors (Lipinski definition) is 1. The smallest absolute Gasteiger partial charge is 0.258 e. The minimum absolute atomic E-state index is 0.0641. The summed E-state index contributed by atoms with van der Waals surface area (Å²) in [5.41, 5.74) is 8.60. The Morgan fingerprint density at radius 3 is 2.71 bits per heavy atom. The van der Waals surface area contributed by atoms with E-state index in [0.29, 0.717) is 17.9 Å². The van der Waals surface area contributed by atoms with E-state index in [4.69, 9.17) is 10.5 Å². The van der Waals surface area contributed by atoms with Crippen LogP contribution in [-0.4, -0.2) is 4.57 Å². The molecular formula is C22H19N3O2S. The number of benzene rings is 1. The van der Waals surface area contributed by atoms with E-state index >= 15 is 0 Å². The van der Waals surface area contributed by atoms with Crippen molar-refractivity contribution < 1.29 is 4.74 Å². The second kappa shape index (κ2) is 7.37. The molecule has 140 valence electrons. The number of hydrogen-bond acceptors (Lipinski definition) is 5. The normalized spacial score (nSPS) is 15.6. The Balaban J connectivity index is 1.82. The summed E-state index contributed by atoms with van der Waals surface area (Å²) in [7, 11) is 0. The van der Waals surface area contributed by atoms with Crippen LogP contribution in [0.25, 0.3) is 0 Å². The molecule has 1 aliphatic rings. The molecule has 3 heterocycles. The molecule has 1 atom stereocenters. The van der Waals surface area contributed by atoms with Gasteiger partial charge in [0.1, 0.15) is 17.4 Å². The van der Waals surface area contributed by atoms with E-state index in [1.54, 1.807) is 4.57 Å². The number of nitrogens with two attached hydrogens (primary N) is 1. The molecule has 2 N–H and O–H groups in total. The van der Waals surface area contributed by atoms with Crippen molar-refractivity contribution in [1.82, 2.24) is 4.57 Å². The van der Waals surface area contributed by atoms with Crippen LogP contribution in [0.5, 0.6) is 5.75 Å². The molecule has 0 bridgehead atoms. The molecule has 0 saturated carbocycles. The zero-order chi connectivity index (χ0) is 19.7. The van der Waals surface area contributed by atoms with Crippen molar-refractivity contribution in [3.8, 4) is 11.8 Å². The number of aromatic nitrogens is 1. The predicted molar refractivity (Wildman–Crippen MR) is 109 cm³/mol. The molecule has 0 fully saturated rings. The number of rotatable bonds is 4. The maximum atomic E-state index is 13.4. The summed E-state index contributed by atoms with van der Waals surface area (Å²) in [6.45, 7) is 2.44. The maximum Gasteiger partial charge on any atom is 0.258 e. The molecule has 3 aromatic rings. The molecule has 28 heavy (non-hydrogen) atoms. The average Bonchev–Trinajstić information content (AvgIpc) is 3.22. The minimum Gasteiger partial charge on any atom is -0.440 e. The van der Waals surface area contributed by atoms with E-state index in [1.165, 1.54) is 16.9 Å². The van der Waals surface area contributed by atoms with Gasteiger partial charge in [-0.2, -0.15) is 5.26 Å². The Morgan fingerprint density at radius 1 is 1.25 bits per heavy atom. The molecule has 4 rings (SSSR count). The van der Waals surface area contributed by atoms with Crippen LogP contribution in [-0.2, 0) is 13.0 Å². The molecular weight excluding hydrogens is 370 g/mol. The molecule has 1 unspecified atom stereocenters. The second-order valence-electron chi connectivity index (χ2n) is 6.70. The predicted octanol–water partition coefficient (Wildman–Crippen LogP) is 3.68. The summed E-state index contributed by atoms with van der Waals surface area (Å²) in [6, 6.07) is 17.9. The Morgan fingerprint density at radius 2 is 2.04 bits per heavy atom. The fourth-order valence-corrected chi connectivity index (χ4v) is 4.43. The van der Waals surface area contributed by atoms with Gasteiger partial charge in [-0.1, -0.05) is 36.4 Å². The van der Waals surface area contributed by atoms with Crippen molar-refractivity contribution in [2.24, 2.45) is 5.73 Å². The van der Waals surface area contributed by atoms with Crippen LogP contribution in [0.15, 0.2) is 70.2 Å². The number of pyridine rings is 1. The zero-order valence-corrected chi connectivity index (χ0v) is 16.2. The highest BCUT2D eigenvalue weighted by Gasteiger charge is 2.34. The molecule has 1 aromatic carbocycles. The van der Waals surface area contributed by atoms with E-state index in [2.05, 4.69) is 6.07 Å². The molecule has 0 spiro atoms. The number of thiophene rings is 1. The van der Waals surface area contributed by atoms with Gasteiger partial charge in [0.15, 0.2) is 0 Å². The highest BCUT2D eigenvalue weighted by Crippen LogP contribution is 2.41. The van der Waals surface area contributed by atoms with E-state index < -0.39 is 5.92 Å². The van der Waals surface area contributed by atoms with Crippen molar-refractivity contribution in [2.75, 3.05) is 0 Å². The van der Waals surface area contributed by atoms with Gasteiger partial charge in [-0.3, -0.25) is 4.79 Å². The number of nitrogens with zero attached hydrogens (tertiary/aromatic N) is 2. The fraction of sp³-hybridized carbons (Fsp3) is 0.182. The Bertz CT molecular complexity index is 1140. The van der Waals surface area contributed by atoms with Crippen molar-refractivity contribution in [3.05, 3.63) is 97.4 Å². The first-order valence-electron chi connectivity index (χ1n) is 8.99. The molecule has 5 nitrogen and oxygen atoms in total. The molecule has 0 aliphatic carbocycles. The standard InChI is InChI=1S/C22H19N3O2S/c1-14-12-17-20(22(26)25(14)10-9-15-6-3-2-4-7-15)19(18-8-5-11-28-18)16(13-23)21(24)27-17/h2-8,11-12,19H,9-10,24H2,1H3. The average molecular weight is 389 g/mol. The number of aryl methyl sites for hydroxylation is 2. The highest BCUT2D eigenvalue weighted by atomic mass is 32.1. The van der Waals surface area contributed by atoms with Crippen LogP contribution in [0.3, 0.4) is 0 Å². The third-order valence-corrected chi connectivity index (χ3v) is 5.92. The van der Waals surface area contributed by atoms with Gasteiger partial charge in [0.05, 0.1) is 11.5 Å². The van der Waals surface area contributed by atoms with Gasteiger partial charge in [0.2, 0.25) is 5.88 Å². The largest absolute Gasteiger partial charge is 0.440 e. The number of fused-ring (bicyclic) bond motifs is 1. The molecule has 6 heteroatoms. The van der Waals surface area contributed by atoms with Gasteiger partial charge < -0.3 is 15.0 Å². The molecule has 1 aliphatic heterocycles. The van der Waals surface area contributed by atoms with Gasteiger partial charge in [-0.15, -0.1) is 11.3 Å². The summed E-state index contributed by atoms with van der Waals surface area (Å²) in [5, 5.41) is 11.6. The van der Waals surface area contributed by atoms with E-state index in [9.17, 15) is 10.1 Å². The van der Waals surface area contributed by atoms with Crippen LogP contribution < -0.4 is 16.0 Å². The quantitative estimate of drug-likeness (QED) is 0.738. The monoisotopic (exact) mass is 389 g/mol. The number of allylic oxidation sites excluding steroid dienone is 1. The van der Waals surface area contributed by atoms with Gasteiger partial charge >= 0.3 is 0 Å². The lowest BCUT2D eigenvalue weighted by atomic mass is 9.88. The summed E-state index contributed by atoms with van der Waals surface area (Å²) >= 11 is 1.50. The summed E-state index contributed by atoms with van der Waals surface area (Å²) < 4.78 is 7.43. The van der Waals surface area contributed by atoms with E-state index in [1.807, 2.05) is 60.8 Å². The van der Waals surface area contributed by atoms with Gasteiger partial charge in [0.25, 0.3) is 5.56 Å². The van der Waals surface area contributed by atoms with Crippen LogP contribution in [0, 0.1) is 18.3 Å². The van der Waals surface area contributed by atoms with Crippen LogP contribution in [0.4, 0.5) is 0 Å². The van der Waals surface area contributed by atoms with Gasteiger partial charge in [-0.25, -0.2) is 0 Å². The first-order valence-corrected chi connectivity index (χ1v) is 9.87.